The first-order valence-electron chi connectivity index (χ1n) is 4.77. The van der Waals surface area contributed by atoms with Gasteiger partial charge in [-0.3, -0.25) is 0 Å². The predicted molar refractivity (Wildman–Crippen MR) is 66.6 cm³/mol. The maximum Gasteiger partial charge on any atom is 0.349 e. The highest BCUT2D eigenvalue weighted by atomic mass is 35.5. The number of methoxy groups -OCH3 is 1. The lowest BCUT2D eigenvalue weighted by molar-refractivity contribution is -0.152. The summed E-state index contributed by atoms with van der Waals surface area (Å²) in [5.74, 6) is -0.507. The predicted octanol–water partition coefficient (Wildman–Crippen LogP) is 2.91. The van der Waals surface area contributed by atoms with Crippen molar-refractivity contribution in [2.24, 2.45) is 5.16 Å². The van der Waals surface area contributed by atoms with Crippen LogP contribution in [0.25, 0.3) is 0 Å². The normalized spacial score (nSPS) is 12.5. The molecule has 0 N–H and O–H groups in total. The fourth-order valence-corrected chi connectivity index (χ4v) is 1.51. The molecular formula is C11H11Cl2NO3. The van der Waals surface area contributed by atoms with Gasteiger partial charge in [0.15, 0.2) is 0 Å². The SMILES string of the molecule is COC(=O)C(C)O/N=C/c1c(Cl)cccc1Cl. The second-order valence-corrected chi connectivity index (χ2v) is 3.96. The summed E-state index contributed by atoms with van der Waals surface area (Å²) in [4.78, 5) is 15.9. The van der Waals surface area contributed by atoms with Gasteiger partial charge in [-0.25, -0.2) is 4.79 Å². The summed E-state index contributed by atoms with van der Waals surface area (Å²) in [6.45, 7) is 1.53. The van der Waals surface area contributed by atoms with Crippen molar-refractivity contribution < 1.29 is 14.4 Å². The highest BCUT2D eigenvalue weighted by molar-refractivity contribution is 6.38. The minimum Gasteiger partial charge on any atom is -0.466 e. The number of hydrogen-bond donors (Lipinski definition) is 0. The van der Waals surface area contributed by atoms with Gasteiger partial charge in [-0.1, -0.05) is 34.4 Å². The number of hydrogen-bond acceptors (Lipinski definition) is 4. The van der Waals surface area contributed by atoms with Crippen molar-refractivity contribution in [2.75, 3.05) is 7.11 Å². The smallest absolute Gasteiger partial charge is 0.349 e. The number of rotatable bonds is 4. The maximum absolute atomic E-state index is 11.0. The summed E-state index contributed by atoms with van der Waals surface area (Å²) in [5.41, 5.74) is 0.535. The van der Waals surface area contributed by atoms with Crippen LogP contribution in [-0.4, -0.2) is 25.4 Å². The molecule has 1 atom stereocenters. The zero-order chi connectivity index (χ0) is 12.8. The molecule has 1 rings (SSSR count). The molecule has 0 saturated heterocycles. The Morgan fingerprint density at radius 1 is 1.41 bits per heavy atom. The number of nitrogens with zero attached hydrogens (tertiary/aromatic N) is 1. The Balaban J connectivity index is 2.69. The molecule has 0 amide bonds. The van der Waals surface area contributed by atoms with Crippen LogP contribution < -0.4 is 0 Å². The van der Waals surface area contributed by atoms with Crippen molar-refractivity contribution in [1.82, 2.24) is 0 Å². The molecule has 0 fully saturated rings. The molecule has 6 heteroatoms. The van der Waals surface area contributed by atoms with Gasteiger partial charge in [-0.2, -0.15) is 0 Å². The first-order chi connectivity index (χ1) is 8.06. The molecule has 0 aliphatic heterocycles. The summed E-state index contributed by atoms with van der Waals surface area (Å²) in [6, 6.07) is 5.08. The summed E-state index contributed by atoms with van der Waals surface area (Å²) in [7, 11) is 1.27. The van der Waals surface area contributed by atoms with Gasteiger partial charge in [0.1, 0.15) is 0 Å². The Bertz CT molecular complexity index is 414. The molecule has 0 aliphatic rings. The van der Waals surface area contributed by atoms with Crippen molar-refractivity contribution >= 4 is 35.4 Å². The van der Waals surface area contributed by atoms with Gasteiger partial charge in [0, 0.05) is 5.56 Å². The third kappa shape index (κ3) is 3.91. The number of ether oxygens (including phenoxy) is 1. The molecule has 0 aliphatic carbocycles. The van der Waals surface area contributed by atoms with E-state index < -0.39 is 12.1 Å². The van der Waals surface area contributed by atoms with E-state index in [1.54, 1.807) is 18.2 Å². The summed E-state index contributed by atoms with van der Waals surface area (Å²) >= 11 is 11.8. The van der Waals surface area contributed by atoms with Crippen molar-refractivity contribution in [3.8, 4) is 0 Å². The summed E-state index contributed by atoms with van der Waals surface area (Å²) < 4.78 is 4.47. The van der Waals surface area contributed by atoms with Crippen LogP contribution >= 0.6 is 23.2 Å². The fourth-order valence-electron chi connectivity index (χ4n) is 1.02. The third-order valence-corrected chi connectivity index (χ3v) is 2.59. The van der Waals surface area contributed by atoms with Gasteiger partial charge in [0.05, 0.1) is 23.4 Å². The minimum absolute atomic E-state index is 0.454. The van der Waals surface area contributed by atoms with Crippen LogP contribution in [0.4, 0.5) is 0 Å². The van der Waals surface area contributed by atoms with E-state index in [1.165, 1.54) is 20.2 Å². The van der Waals surface area contributed by atoms with Gasteiger partial charge in [-0.05, 0) is 19.1 Å². The Labute approximate surface area is 109 Å². The van der Waals surface area contributed by atoms with E-state index in [2.05, 4.69) is 9.89 Å². The molecule has 0 bridgehead atoms. The molecule has 0 aromatic heterocycles. The van der Waals surface area contributed by atoms with Crippen LogP contribution in [0.5, 0.6) is 0 Å². The van der Waals surface area contributed by atoms with Gasteiger partial charge < -0.3 is 9.57 Å². The molecule has 4 nitrogen and oxygen atoms in total. The van der Waals surface area contributed by atoms with E-state index in [0.717, 1.165) is 0 Å². The van der Waals surface area contributed by atoms with Crippen LogP contribution in [-0.2, 0) is 14.4 Å². The fraction of sp³-hybridized carbons (Fsp3) is 0.273. The third-order valence-electron chi connectivity index (χ3n) is 1.93. The van der Waals surface area contributed by atoms with Crippen molar-refractivity contribution in [1.29, 1.82) is 0 Å². The van der Waals surface area contributed by atoms with Crippen LogP contribution in [0.15, 0.2) is 23.4 Å². The summed E-state index contributed by atoms with van der Waals surface area (Å²) in [5, 5.41) is 4.55. The molecule has 1 aromatic rings. The van der Waals surface area contributed by atoms with Crippen molar-refractivity contribution in [2.45, 2.75) is 13.0 Å². The van der Waals surface area contributed by atoms with Crippen LogP contribution in [0.2, 0.25) is 10.0 Å². The average Bonchev–Trinajstić information content (AvgIpc) is 2.31. The molecule has 1 unspecified atom stereocenters. The van der Waals surface area contributed by atoms with Gasteiger partial charge in [0.25, 0.3) is 0 Å². The Morgan fingerprint density at radius 3 is 2.53 bits per heavy atom. The lowest BCUT2D eigenvalue weighted by Crippen LogP contribution is -2.19. The molecule has 0 radical (unpaired) electrons. The van der Waals surface area contributed by atoms with E-state index >= 15 is 0 Å². The molecule has 0 spiro atoms. The van der Waals surface area contributed by atoms with Crippen LogP contribution in [0, 0.1) is 0 Å². The Kier molecular flexibility index (Phi) is 5.25. The van der Waals surface area contributed by atoms with E-state index in [1.807, 2.05) is 0 Å². The topological polar surface area (TPSA) is 47.9 Å². The van der Waals surface area contributed by atoms with Gasteiger partial charge in [0.2, 0.25) is 6.10 Å². The van der Waals surface area contributed by atoms with E-state index in [4.69, 9.17) is 28.0 Å². The standard InChI is InChI=1S/C11H11Cl2NO3/c1-7(11(15)16-2)17-14-6-8-9(12)4-3-5-10(8)13/h3-7H,1-2H3/b14-6+. The number of carbonyl (C=O) groups excluding carboxylic acids is 1. The quantitative estimate of drug-likeness (QED) is 0.482. The molecule has 92 valence electrons. The van der Waals surface area contributed by atoms with Crippen molar-refractivity contribution in [3.63, 3.8) is 0 Å². The zero-order valence-corrected chi connectivity index (χ0v) is 10.8. The monoisotopic (exact) mass is 275 g/mol. The molecule has 1 aromatic carbocycles. The first kappa shape index (κ1) is 13.8. The number of esters is 1. The van der Waals surface area contributed by atoms with E-state index in [9.17, 15) is 4.79 Å². The number of benzene rings is 1. The van der Waals surface area contributed by atoms with Crippen LogP contribution in [0.1, 0.15) is 12.5 Å². The maximum atomic E-state index is 11.0. The highest BCUT2D eigenvalue weighted by Crippen LogP contribution is 2.22. The molecule has 17 heavy (non-hydrogen) atoms. The Hall–Kier alpha value is -1.26. The average molecular weight is 276 g/mol. The highest BCUT2D eigenvalue weighted by Gasteiger charge is 2.13. The molecule has 0 heterocycles. The van der Waals surface area contributed by atoms with E-state index in [-0.39, 0.29) is 0 Å². The summed E-state index contributed by atoms with van der Waals surface area (Å²) in [6.07, 6.45) is 0.571. The van der Waals surface area contributed by atoms with Crippen LogP contribution in [0.3, 0.4) is 0 Å². The lowest BCUT2D eigenvalue weighted by atomic mass is 10.2. The minimum atomic E-state index is -0.780. The zero-order valence-electron chi connectivity index (χ0n) is 9.31. The number of carbonyl (C=O) groups is 1. The van der Waals surface area contributed by atoms with Gasteiger partial charge in [-0.15, -0.1) is 0 Å². The lowest BCUT2D eigenvalue weighted by Gasteiger charge is -2.06. The molecule has 0 saturated carbocycles. The molecular weight excluding hydrogens is 265 g/mol. The van der Waals surface area contributed by atoms with Gasteiger partial charge >= 0.3 is 5.97 Å². The number of oxime groups is 1. The van der Waals surface area contributed by atoms with Crippen molar-refractivity contribution in [3.05, 3.63) is 33.8 Å². The second-order valence-electron chi connectivity index (χ2n) is 3.14. The first-order valence-corrected chi connectivity index (χ1v) is 5.53. The second kappa shape index (κ2) is 6.47. The van der Waals surface area contributed by atoms with E-state index in [0.29, 0.717) is 15.6 Å². The Morgan fingerprint density at radius 2 is 2.00 bits per heavy atom. The number of halogens is 2. The largest absolute Gasteiger partial charge is 0.466 e.